The smallest absolute Gasteiger partial charge is 0.230 e. The van der Waals surface area contributed by atoms with Gasteiger partial charge in [0.25, 0.3) is 0 Å². The third kappa shape index (κ3) is 5.10. The molecule has 1 unspecified atom stereocenters. The molecule has 8 heteroatoms. The van der Waals surface area contributed by atoms with E-state index in [0.717, 1.165) is 26.1 Å². The molecule has 1 aliphatic heterocycles. The van der Waals surface area contributed by atoms with Gasteiger partial charge in [0.1, 0.15) is 0 Å². The van der Waals surface area contributed by atoms with Crippen LogP contribution in [0.15, 0.2) is 30.5 Å². The molecule has 168 valence electrons. The molecule has 0 saturated carbocycles. The Labute approximate surface area is 188 Å². The first kappa shape index (κ1) is 25.3. The Morgan fingerprint density at radius 3 is 2.65 bits per heavy atom. The fourth-order valence-electron chi connectivity index (χ4n) is 4.45. The lowest BCUT2D eigenvalue weighted by molar-refractivity contribution is -0.134. The number of aromatic nitrogens is 1. The van der Waals surface area contributed by atoms with Crippen molar-refractivity contribution < 1.29 is 15.0 Å². The largest absolute Gasteiger partial charge is 0.394 e. The number of nitrogens with two attached hydrogens (primary N) is 1. The Kier molecular flexibility index (Phi) is 9.02. The average Bonchev–Trinajstić information content (AvgIpc) is 3.19. The molecular formula is C23H34N4O3Si. The van der Waals surface area contributed by atoms with Crippen LogP contribution in [0.25, 0.3) is 16.5 Å². The number of aliphatic hydroxyl groups excluding tert-OH is 2. The van der Waals surface area contributed by atoms with Crippen LogP contribution in [0.1, 0.15) is 25.0 Å². The first-order chi connectivity index (χ1) is 14.4. The number of nitrogens with zero attached hydrogens (tertiary/aromatic N) is 2. The summed E-state index contributed by atoms with van der Waals surface area (Å²) in [6, 6.07) is 6.82. The van der Waals surface area contributed by atoms with Crippen molar-refractivity contribution >= 4 is 33.3 Å². The van der Waals surface area contributed by atoms with Crippen molar-refractivity contribution in [2.75, 3.05) is 39.8 Å². The zero-order valence-electron chi connectivity index (χ0n) is 18.6. The third-order valence-corrected chi connectivity index (χ3v) is 6.14. The Morgan fingerprint density at radius 1 is 1.35 bits per heavy atom. The molecule has 7 nitrogen and oxygen atoms in total. The summed E-state index contributed by atoms with van der Waals surface area (Å²) in [6.45, 7) is 6.36. The summed E-state index contributed by atoms with van der Waals surface area (Å²) in [5.41, 5.74) is 10.1. The van der Waals surface area contributed by atoms with Crippen LogP contribution >= 0.6 is 0 Å². The molecule has 2 heterocycles. The molecule has 2 aromatic rings. The minimum absolute atomic E-state index is 0. The van der Waals surface area contributed by atoms with Crippen LogP contribution in [0.3, 0.4) is 0 Å². The van der Waals surface area contributed by atoms with Gasteiger partial charge in [-0.2, -0.15) is 0 Å². The molecule has 1 amide bonds. The van der Waals surface area contributed by atoms with Crippen molar-refractivity contribution in [1.29, 1.82) is 0 Å². The first-order valence-electron chi connectivity index (χ1n) is 10.7. The lowest BCUT2D eigenvalue weighted by Gasteiger charge is -2.40. The van der Waals surface area contributed by atoms with Crippen LogP contribution in [0, 0.1) is 5.92 Å². The highest BCUT2D eigenvalue weighted by molar-refractivity contribution is 5.99. The molecule has 0 saturated heterocycles. The molecule has 1 aromatic heterocycles. The van der Waals surface area contributed by atoms with Gasteiger partial charge < -0.3 is 25.8 Å². The number of fused-ring (bicyclic) bond motifs is 2. The predicted octanol–water partition coefficient (Wildman–Crippen LogP) is 0.824. The topological polar surface area (TPSA) is 106 Å². The number of rotatable bonds is 5. The van der Waals surface area contributed by atoms with Crippen LogP contribution in [0.5, 0.6) is 0 Å². The van der Waals surface area contributed by atoms with Crippen LogP contribution in [-0.4, -0.2) is 93.8 Å². The molecule has 5 N–H and O–H groups in total. The zero-order valence-corrected chi connectivity index (χ0v) is 19.6. The molecule has 1 aliphatic carbocycles. The monoisotopic (exact) mass is 442 g/mol. The van der Waals surface area contributed by atoms with E-state index in [2.05, 4.69) is 61.3 Å². The second-order valence-electron chi connectivity index (χ2n) is 8.01. The fraction of sp³-hybridized carbons (Fsp3) is 0.522. The quantitative estimate of drug-likeness (QED) is 0.513. The van der Waals surface area contributed by atoms with Gasteiger partial charge in [0.2, 0.25) is 5.91 Å². The standard InChI is InChI=1S/C20H25N3O.C3H9NO2.Si/c1-4-23(5-2)20(24)14-9-16-15-7-6-8-17-19(15)13(11-21-17)10-18(16)22(3)12-14;4-1-3(6)2-5;/h6-9,11,14,18,21H,4-5,10,12H2,1-3H3;3,5-6H,1-2,4H2;/t14-,18-;;/m1../s1. The van der Waals surface area contributed by atoms with Crippen LogP contribution in [0.4, 0.5) is 0 Å². The van der Waals surface area contributed by atoms with Gasteiger partial charge >= 0.3 is 0 Å². The number of amides is 1. The number of nitrogens with one attached hydrogen (secondary N) is 1. The summed E-state index contributed by atoms with van der Waals surface area (Å²) in [5, 5.41) is 17.6. The number of benzene rings is 1. The number of aromatic amines is 1. The fourth-order valence-corrected chi connectivity index (χ4v) is 4.45. The van der Waals surface area contributed by atoms with Gasteiger partial charge in [0, 0.05) is 60.3 Å². The molecule has 31 heavy (non-hydrogen) atoms. The Hall–Kier alpha value is -1.97. The molecule has 4 radical (unpaired) electrons. The lowest BCUT2D eigenvalue weighted by atomic mass is 9.79. The van der Waals surface area contributed by atoms with E-state index in [1.165, 1.54) is 27.6 Å². The lowest BCUT2D eigenvalue weighted by Crippen LogP contribution is -2.47. The van der Waals surface area contributed by atoms with Crippen molar-refractivity contribution in [3.05, 3.63) is 41.6 Å². The summed E-state index contributed by atoms with van der Waals surface area (Å²) in [7, 11) is 2.15. The van der Waals surface area contributed by atoms with E-state index in [4.69, 9.17) is 15.9 Å². The highest BCUT2D eigenvalue weighted by Crippen LogP contribution is 2.40. The highest BCUT2D eigenvalue weighted by atomic mass is 28.1. The number of H-pyrrole nitrogens is 1. The van der Waals surface area contributed by atoms with Gasteiger partial charge in [-0.1, -0.05) is 18.2 Å². The van der Waals surface area contributed by atoms with Gasteiger partial charge in [-0.05, 0) is 50.1 Å². The highest BCUT2D eigenvalue weighted by Gasteiger charge is 2.36. The second-order valence-corrected chi connectivity index (χ2v) is 8.01. The SMILES string of the molecule is CCN(CC)C(=O)[C@@H]1C=C2c3cccc4[nH]cc(c34)C[C@H]2N(C)C1.NCC(O)CO.[Si]. The van der Waals surface area contributed by atoms with Crippen molar-refractivity contribution in [1.82, 2.24) is 14.8 Å². The minimum Gasteiger partial charge on any atom is -0.394 e. The Morgan fingerprint density at radius 2 is 2.06 bits per heavy atom. The summed E-state index contributed by atoms with van der Waals surface area (Å²) >= 11 is 0. The van der Waals surface area contributed by atoms with Crippen molar-refractivity contribution in [3.63, 3.8) is 0 Å². The average molecular weight is 443 g/mol. The molecule has 1 aromatic carbocycles. The van der Waals surface area contributed by atoms with Crippen LogP contribution in [-0.2, 0) is 11.2 Å². The van der Waals surface area contributed by atoms with E-state index in [1.54, 1.807) is 0 Å². The maximum Gasteiger partial charge on any atom is 0.230 e. The van der Waals surface area contributed by atoms with E-state index >= 15 is 0 Å². The van der Waals surface area contributed by atoms with Gasteiger partial charge in [-0.15, -0.1) is 0 Å². The van der Waals surface area contributed by atoms with Gasteiger partial charge in [0.05, 0.1) is 18.6 Å². The van der Waals surface area contributed by atoms with E-state index in [1.807, 2.05) is 4.90 Å². The number of carbonyl (C=O) groups excluding carboxylic acids is 1. The summed E-state index contributed by atoms with van der Waals surface area (Å²) in [4.78, 5) is 20.6. The van der Waals surface area contributed by atoms with Gasteiger partial charge in [-0.25, -0.2) is 0 Å². The van der Waals surface area contributed by atoms with E-state index in [9.17, 15) is 4.79 Å². The number of likely N-dealkylation sites (N-methyl/N-ethyl adjacent to an activating group) is 1. The number of carbonyl (C=O) groups is 1. The second kappa shape index (κ2) is 11.1. The Balaban J connectivity index is 0.000000433. The molecule has 4 rings (SSSR count). The zero-order chi connectivity index (χ0) is 21.8. The van der Waals surface area contributed by atoms with E-state index in [-0.39, 0.29) is 35.9 Å². The molecule has 0 spiro atoms. The summed E-state index contributed by atoms with van der Waals surface area (Å²) in [6.07, 6.45) is 4.68. The number of aliphatic hydroxyl groups is 2. The molecular weight excluding hydrogens is 408 g/mol. The van der Waals surface area contributed by atoms with Gasteiger partial charge in [0.15, 0.2) is 0 Å². The van der Waals surface area contributed by atoms with Crippen LogP contribution < -0.4 is 5.73 Å². The van der Waals surface area contributed by atoms with Crippen molar-refractivity contribution in [2.24, 2.45) is 11.7 Å². The number of hydrogen-bond acceptors (Lipinski definition) is 5. The molecule has 0 bridgehead atoms. The minimum atomic E-state index is -0.731. The molecule has 2 aliphatic rings. The summed E-state index contributed by atoms with van der Waals surface area (Å²) < 4.78 is 0. The van der Waals surface area contributed by atoms with E-state index < -0.39 is 6.10 Å². The van der Waals surface area contributed by atoms with Crippen molar-refractivity contribution in [2.45, 2.75) is 32.4 Å². The van der Waals surface area contributed by atoms with Crippen molar-refractivity contribution in [3.8, 4) is 0 Å². The van der Waals surface area contributed by atoms with Gasteiger partial charge in [-0.3, -0.25) is 9.69 Å². The first-order valence-corrected chi connectivity index (χ1v) is 10.7. The summed E-state index contributed by atoms with van der Waals surface area (Å²) in [5.74, 6) is 0.210. The Bertz CT molecular complexity index is 905. The van der Waals surface area contributed by atoms with Crippen LogP contribution in [0.2, 0.25) is 0 Å². The van der Waals surface area contributed by atoms with E-state index in [0.29, 0.717) is 6.04 Å². The predicted molar refractivity (Wildman–Crippen MR) is 126 cm³/mol. The number of hydrogen-bond donors (Lipinski definition) is 4. The maximum absolute atomic E-state index is 12.9. The molecule has 3 atom stereocenters. The third-order valence-electron chi connectivity index (χ3n) is 6.14. The molecule has 0 fully saturated rings. The normalized spacial score (nSPS) is 20.6. The maximum atomic E-state index is 12.9.